The topological polar surface area (TPSA) is 46.5 Å². The van der Waals surface area contributed by atoms with Gasteiger partial charge in [0.05, 0.1) is 6.10 Å². The van der Waals surface area contributed by atoms with Crippen LogP contribution in [0.25, 0.3) is 0 Å². The zero-order valence-corrected chi connectivity index (χ0v) is 16.7. The van der Waals surface area contributed by atoms with Crippen molar-refractivity contribution in [1.29, 1.82) is 0 Å². The molecule has 0 aromatic rings. The molecule has 0 rings (SSSR count). The second-order valence-electron chi connectivity index (χ2n) is 8.49. The van der Waals surface area contributed by atoms with Crippen LogP contribution in [-0.2, 0) is 9.53 Å². The monoisotopic (exact) mass is 326 g/mol. The fraction of sp³-hybridized carbons (Fsp3) is 0.850. The Bertz CT molecular complexity index is 409. The number of aliphatic hydroxyl groups is 1. The number of hydrogen-bond donors (Lipinski definition) is 1. The van der Waals surface area contributed by atoms with E-state index in [4.69, 9.17) is 4.74 Å². The first-order valence-corrected chi connectivity index (χ1v) is 8.85. The van der Waals surface area contributed by atoms with Gasteiger partial charge in [0.15, 0.2) is 0 Å². The van der Waals surface area contributed by atoms with Gasteiger partial charge < -0.3 is 9.84 Å². The normalized spacial score (nSPS) is 17.7. The molecule has 1 N–H and O–H groups in total. The summed E-state index contributed by atoms with van der Waals surface area (Å²) < 4.78 is 5.82. The Hall–Kier alpha value is -0.830. The molecule has 3 atom stereocenters. The third-order valence-corrected chi connectivity index (χ3v) is 5.55. The highest BCUT2D eigenvalue weighted by Crippen LogP contribution is 2.51. The van der Waals surface area contributed by atoms with Gasteiger partial charge in [-0.05, 0) is 37.0 Å². The molecule has 0 aliphatic rings. The molecule has 3 nitrogen and oxygen atoms in total. The van der Waals surface area contributed by atoms with Gasteiger partial charge in [-0.3, -0.25) is 0 Å². The number of aliphatic hydroxyl groups excluding tert-OH is 1. The smallest absolute Gasteiger partial charge is 0.333 e. The Labute approximate surface area is 143 Å². The zero-order valence-electron chi connectivity index (χ0n) is 16.7. The predicted molar refractivity (Wildman–Crippen MR) is 97.2 cm³/mol. The van der Waals surface area contributed by atoms with Gasteiger partial charge in [0.25, 0.3) is 0 Å². The Morgan fingerprint density at radius 1 is 1.17 bits per heavy atom. The average Bonchev–Trinajstić information content (AvgIpc) is 2.41. The van der Waals surface area contributed by atoms with Crippen LogP contribution in [0.5, 0.6) is 0 Å². The maximum absolute atomic E-state index is 12.1. The highest BCUT2D eigenvalue weighted by Gasteiger charge is 2.51. The average molecular weight is 327 g/mol. The number of hydrogen-bond acceptors (Lipinski definition) is 3. The fourth-order valence-corrected chi connectivity index (χ4v) is 3.36. The van der Waals surface area contributed by atoms with Crippen molar-refractivity contribution < 1.29 is 14.6 Å². The van der Waals surface area contributed by atoms with Crippen LogP contribution in [0.3, 0.4) is 0 Å². The second kappa shape index (κ2) is 8.32. The van der Waals surface area contributed by atoms with E-state index in [1.807, 2.05) is 0 Å². The summed E-state index contributed by atoms with van der Waals surface area (Å²) in [5, 5.41) is 10.8. The van der Waals surface area contributed by atoms with E-state index in [0.29, 0.717) is 11.5 Å². The van der Waals surface area contributed by atoms with Crippen molar-refractivity contribution in [1.82, 2.24) is 0 Å². The van der Waals surface area contributed by atoms with Crippen molar-refractivity contribution in [3.8, 4) is 0 Å². The van der Waals surface area contributed by atoms with E-state index in [9.17, 15) is 9.90 Å². The summed E-state index contributed by atoms with van der Waals surface area (Å²) in [6.07, 6.45) is 0.842. The minimum Gasteiger partial charge on any atom is -0.458 e. The van der Waals surface area contributed by atoms with E-state index in [-0.39, 0.29) is 28.8 Å². The molecule has 0 amide bonds. The molecule has 0 spiro atoms. The van der Waals surface area contributed by atoms with Gasteiger partial charge in [0, 0.05) is 11.0 Å². The third kappa shape index (κ3) is 5.07. The second-order valence-corrected chi connectivity index (χ2v) is 8.49. The molecule has 0 heterocycles. The lowest BCUT2D eigenvalue weighted by Gasteiger charge is -2.52. The minimum atomic E-state index is -0.447. The van der Waals surface area contributed by atoms with E-state index in [1.54, 1.807) is 6.92 Å². The molecule has 0 aromatic carbocycles. The molecule has 0 saturated carbocycles. The van der Waals surface area contributed by atoms with Crippen molar-refractivity contribution in [2.24, 2.45) is 22.7 Å². The minimum absolute atomic E-state index is 0.161. The van der Waals surface area contributed by atoms with Gasteiger partial charge in [-0.25, -0.2) is 4.79 Å². The lowest BCUT2D eigenvalue weighted by molar-refractivity contribution is -0.174. The molecule has 0 bridgehead atoms. The number of esters is 1. The van der Waals surface area contributed by atoms with Crippen molar-refractivity contribution in [2.75, 3.05) is 0 Å². The van der Waals surface area contributed by atoms with Gasteiger partial charge >= 0.3 is 5.97 Å². The molecule has 136 valence electrons. The van der Waals surface area contributed by atoms with Crippen LogP contribution >= 0.6 is 0 Å². The molecule has 0 fully saturated rings. The number of carbonyl (C=O) groups excluding carboxylic acids is 1. The summed E-state index contributed by atoms with van der Waals surface area (Å²) in [5.41, 5.74) is -0.300. The van der Waals surface area contributed by atoms with Crippen LogP contribution in [0.1, 0.15) is 75.2 Å². The maximum atomic E-state index is 12.1. The Morgan fingerprint density at radius 3 is 1.96 bits per heavy atom. The van der Waals surface area contributed by atoms with Crippen LogP contribution < -0.4 is 0 Å². The van der Waals surface area contributed by atoms with Crippen molar-refractivity contribution in [3.05, 3.63) is 12.2 Å². The number of carbonyl (C=O) groups is 1. The SMILES string of the molecule is C=C(C)C(=O)OC(C(C)C)C(C)(CC)C(C)(C)C(O)CC(C)C. The third-order valence-electron chi connectivity index (χ3n) is 5.55. The first-order valence-electron chi connectivity index (χ1n) is 8.85. The Balaban J connectivity index is 5.73. The van der Waals surface area contributed by atoms with Gasteiger partial charge in [0.1, 0.15) is 6.10 Å². The van der Waals surface area contributed by atoms with E-state index in [0.717, 1.165) is 12.8 Å². The molecule has 0 radical (unpaired) electrons. The van der Waals surface area contributed by atoms with Gasteiger partial charge in [-0.1, -0.05) is 62.0 Å². The van der Waals surface area contributed by atoms with Gasteiger partial charge in [-0.15, -0.1) is 0 Å². The van der Waals surface area contributed by atoms with E-state index in [1.165, 1.54) is 0 Å². The predicted octanol–water partition coefficient (Wildman–Crippen LogP) is 4.98. The summed E-state index contributed by atoms with van der Waals surface area (Å²) in [6.45, 7) is 22.1. The highest BCUT2D eigenvalue weighted by molar-refractivity contribution is 5.87. The number of rotatable bonds is 9. The maximum Gasteiger partial charge on any atom is 0.333 e. The van der Waals surface area contributed by atoms with Gasteiger partial charge in [-0.2, -0.15) is 0 Å². The van der Waals surface area contributed by atoms with Crippen molar-refractivity contribution in [3.63, 3.8) is 0 Å². The molecular formula is C20H38O3. The molecule has 3 heteroatoms. The van der Waals surface area contributed by atoms with Crippen LogP contribution in [0.15, 0.2) is 12.2 Å². The fourth-order valence-electron chi connectivity index (χ4n) is 3.36. The van der Waals surface area contributed by atoms with Crippen molar-refractivity contribution >= 4 is 5.97 Å². The molecule has 0 aliphatic carbocycles. The molecule has 0 aliphatic heterocycles. The lowest BCUT2D eigenvalue weighted by Crippen LogP contribution is -2.54. The molecular weight excluding hydrogens is 288 g/mol. The van der Waals surface area contributed by atoms with Crippen LogP contribution in [0.4, 0.5) is 0 Å². The summed E-state index contributed by atoms with van der Waals surface area (Å²) >= 11 is 0. The lowest BCUT2D eigenvalue weighted by atomic mass is 9.57. The summed E-state index contributed by atoms with van der Waals surface area (Å²) in [5.74, 6) is 0.229. The molecule has 23 heavy (non-hydrogen) atoms. The van der Waals surface area contributed by atoms with E-state index < -0.39 is 6.10 Å². The summed E-state index contributed by atoms with van der Waals surface area (Å²) in [6, 6.07) is 0. The van der Waals surface area contributed by atoms with Crippen LogP contribution in [0, 0.1) is 22.7 Å². The standard InChI is InChI=1S/C20H38O3/c1-11-20(10,19(8,9)16(21)12-13(2)3)17(14(4)5)23-18(22)15(6)7/h13-14,16-17,21H,6,11-12H2,1-5,7-10H3. The van der Waals surface area contributed by atoms with Crippen LogP contribution in [0.2, 0.25) is 0 Å². The van der Waals surface area contributed by atoms with E-state index in [2.05, 4.69) is 62.0 Å². The zero-order chi connectivity index (χ0) is 18.6. The van der Waals surface area contributed by atoms with Gasteiger partial charge in [0.2, 0.25) is 0 Å². The quantitative estimate of drug-likeness (QED) is 0.480. The molecule has 0 saturated heterocycles. The highest BCUT2D eigenvalue weighted by atomic mass is 16.5. The summed E-state index contributed by atoms with van der Waals surface area (Å²) in [7, 11) is 0. The molecule has 0 aromatic heterocycles. The van der Waals surface area contributed by atoms with Crippen LogP contribution in [-0.4, -0.2) is 23.3 Å². The number of ether oxygens (including phenoxy) is 1. The Kier molecular flexibility index (Phi) is 8.02. The molecule has 3 unspecified atom stereocenters. The van der Waals surface area contributed by atoms with Crippen molar-refractivity contribution in [2.45, 2.75) is 87.4 Å². The first kappa shape index (κ1) is 22.2. The first-order chi connectivity index (χ1) is 10.3. The largest absolute Gasteiger partial charge is 0.458 e. The van der Waals surface area contributed by atoms with E-state index >= 15 is 0 Å². The Morgan fingerprint density at radius 2 is 1.65 bits per heavy atom. The summed E-state index contributed by atoms with van der Waals surface area (Å²) in [4.78, 5) is 12.1.